The third-order valence-corrected chi connectivity index (χ3v) is 5.53. The van der Waals surface area contributed by atoms with Crippen molar-refractivity contribution in [2.24, 2.45) is 11.8 Å². The van der Waals surface area contributed by atoms with E-state index in [-0.39, 0.29) is 18.4 Å². The average molecular weight is 363 g/mol. The predicted octanol–water partition coefficient (Wildman–Crippen LogP) is 1.13. The molecule has 0 unspecified atom stereocenters. The van der Waals surface area contributed by atoms with Gasteiger partial charge in [0.05, 0.1) is 12.8 Å². The van der Waals surface area contributed by atoms with Gasteiger partial charge < -0.3 is 4.42 Å². The Hall–Kier alpha value is -0.700. The standard InChI is InChI=1S/C14H22N4O3S.ClH/c1-22(19,20)17-12-7-18(6-11(12)9-2-3-9)8-13-15-16-14(21-13)10-4-5-10;/h9-12,17H,2-8H2,1H3;1H/t11-,12+;/m1./s1. The van der Waals surface area contributed by atoms with Crippen molar-refractivity contribution < 1.29 is 12.8 Å². The second-order valence-electron chi connectivity index (χ2n) is 7.00. The van der Waals surface area contributed by atoms with E-state index in [1.165, 1.54) is 19.1 Å². The lowest BCUT2D eigenvalue weighted by Crippen LogP contribution is -2.40. The van der Waals surface area contributed by atoms with Crippen molar-refractivity contribution in [1.82, 2.24) is 19.8 Å². The Kier molecular flexibility index (Phi) is 4.70. The fourth-order valence-electron chi connectivity index (χ4n) is 3.46. The summed E-state index contributed by atoms with van der Waals surface area (Å²) < 4.78 is 31.6. The number of sulfonamides is 1. The fourth-order valence-corrected chi connectivity index (χ4v) is 4.26. The number of rotatable bonds is 6. The van der Waals surface area contributed by atoms with Crippen molar-refractivity contribution in [3.63, 3.8) is 0 Å². The van der Waals surface area contributed by atoms with Gasteiger partial charge in [0, 0.05) is 25.0 Å². The van der Waals surface area contributed by atoms with Gasteiger partial charge in [-0.1, -0.05) is 0 Å². The number of hydrogen-bond donors (Lipinski definition) is 1. The molecule has 2 aliphatic carbocycles. The number of nitrogens with one attached hydrogen (secondary N) is 1. The van der Waals surface area contributed by atoms with E-state index in [4.69, 9.17) is 4.42 Å². The van der Waals surface area contributed by atoms with E-state index in [1.54, 1.807) is 0 Å². The van der Waals surface area contributed by atoms with Crippen molar-refractivity contribution in [3.8, 4) is 0 Å². The summed E-state index contributed by atoms with van der Waals surface area (Å²) in [7, 11) is -3.17. The molecule has 1 N–H and O–H groups in total. The van der Waals surface area contributed by atoms with Crippen LogP contribution in [0.15, 0.2) is 4.42 Å². The molecule has 0 amide bonds. The molecule has 0 bridgehead atoms. The minimum atomic E-state index is -3.17. The maximum Gasteiger partial charge on any atom is 0.230 e. The van der Waals surface area contributed by atoms with Gasteiger partial charge in [0.2, 0.25) is 21.8 Å². The first-order valence-corrected chi connectivity index (χ1v) is 9.89. The van der Waals surface area contributed by atoms with Gasteiger partial charge in [-0.25, -0.2) is 13.1 Å². The second kappa shape index (κ2) is 6.31. The second-order valence-corrected chi connectivity index (χ2v) is 8.78. The maximum absolute atomic E-state index is 11.6. The Labute approximate surface area is 142 Å². The Balaban J connectivity index is 0.00000156. The molecule has 0 radical (unpaired) electrons. The van der Waals surface area contributed by atoms with Gasteiger partial charge in [-0.2, -0.15) is 0 Å². The molecule has 1 aliphatic heterocycles. The molecule has 130 valence electrons. The molecule has 1 saturated heterocycles. The zero-order valence-electron chi connectivity index (χ0n) is 13.1. The quantitative estimate of drug-likeness (QED) is 0.816. The number of nitrogens with zero attached hydrogens (tertiary/aromatic N) is 3. The maximum atomic E-state index is 11.6. The highest BCUT2D eigenvalue weighted by Gasteiger charge is 2.43. The van der Waals surface area contributed by atoms with Gasteiger partial charge in [0.1, 0.15) is 0 Å². The van der Waals surface area contributed by atoms with E-state index in [1.807, 2.05) is 0 Å². The van der Waals surface area contributed by atoms with E-state index in [2.05, 4.69) is 19.8 Å². The van der Waals surface area contributed by atoms with E-state index < -0.39 is 10.0 Å². The Morgan fingerprint density at radius 2 is 1.96 bits per heavy atom. The summed E-state index contributed by atoms with van der Waals surface area (Å²) >= 11 is 0. The van der Waals surface area contributed by atoms with Crippen molar-refractivity contribution in [3.05, 3.63) is 11.8 Å². The van der Waals surface area contributed by atoms with Crippen LogP contribution in [0.25, 0.3) is 0 Å². The van der Waals surface area contributed by atoms with Crippen molar-refractivity contribution in [2.45, 2.75) is 44.2 Å². The third kappa shape index (κ3) is 4.23. The molecule has 3 fully saturated rings. The molecule has 7 nitrogen and oxygen atoms in total. The SMILES string of the molecule is CS(=O)(=O)N[C@H]1CN(Cc2nnc(C3CC3)o2)C[C@@H]1C1CC1.Cl. The highest BCUT2D eigenvalue weighted by Crippen LogP contribution is 2.42. The summed E-state index contributed by atoms with van der Waals surface area (Å²) in [6.45, 7) is 2.24. The average Bonchev–Trinajstić information content (AvgIpc) is 3.35. The largest absolute Gasteiger partial charge is 0.424 e. The highest BCUT2D eigenvalue weighted by atomic mass is 35.5. The van der Waals surface area contributed by atoms with Crippen LogP contribution in [-0.4, -0.2) is 48.9 Å². The fraction of sp³-hybridized carbons (Fsp3) is 0.857. The first kappa shape index (κ1) is 17.1. The number of aromatic nitrogens is 2. The lowest BCUT2D eigenvalue weighted by atomic mass is 9.99. The summed E-state index contributed by atoms with van der Waals surface area (Å²) in [5.41, 5.74) is 0. The van der Waals surface area contributed by atoms with E-state index in [0.717, 1.165) is 31.8 Å². The highest BCUT2D eigenvalue weighted by molar-refractivity contribution is 7.88. The Morgan fingerprint density at radius 1 is 1.22 bits per heavy atom. The molecule has 9 heteroatoms. The molecular formula is C14H23ClN4O3S. The molecule has 3 aliphatic rings. The molecule has 2 heterocycles. The Morgan fingerprint density at radius 3 is 2.57 bits per heavy atom. The number of likely N-dealkylation sites (tertiary alicyclic amines) is 1. The van der Waals surface area contributed by atoms with Crippen LogP contribution in [0.4, 0.5) is 0 Å². The first-order chi connectivity index (χ1) is 10.5. The van der Waals surface area contributed by atoms with Crippen LogP contribution in [0.1, 0.15) is 43.4 Å². The number of hydrogen-bond acceptors (Lipinski definition) is 6. The molecule has 1 aromatic heterocycles. The lowest BCUT2D eigenvalue weighted by molar-refractivity contribution is 0.272. The third-order valence-electron chi connectivity index (χ3n) is 4.80. The normalized spacial score (nSPS) is 28.7. The smallest absolute Gasteiger partial charge is 0.230 e. The van der Waals surface area contributed by atoms with Crippen LogP contribution in [0.3, 0.4) is 0 Å². The molecule has 2 saturated carbocycles. The van der Waals surface area contributed by atoms with Crippen molar-refractivity contribution in [1.29, 1.82) is 0 Å². The van der Waals surface area contributed by atoms with Crippen molar-refractivity contribution in [2.75, 3.05) is 19.3 Å². The van der Waals surface area contributed by atoms with Crippen LogP contribution < -0.4 is 4.72 Å². The zero-order valence-corrected chi connectivity index (χ0v) is 14.8. The molecular weight excluding hydrogens is 340 g/mol. The lowest BCUT2D eigenvalue weighted by Gasteiger charge is -2.17. The summed E-state index contributed by atoms with van der Waals surface area (Å²) in [6, 6.07) is 0.00771. The van der Waals surface area contributed by atoms with Gasteiger partial charge in [-0.05, 0) is 37.5 Å². The minimum Gasteiger partial charge on any atom is -0.424 e. The first-order valence-electron chi connectivity index (χ1n) is 8.00. The summed E-state index contributed by atoms with van der Waals surface area (Å²) in [5, 5.41) is 8.24. The molecule has 0 aromatic carbocycles. The predicted molar refractivity (Wildman–Crippen MR) is 86.8 cm³/mol. The molecule has 23 heavy (non-hydrogen) atoms. The monoisotopic (exact) mass is 362 g/mol. The van der Waals surface area contributed by atoms with E-state index in [0.29, 0.717) is 30.2 Å². The molecule has 0 spiro atoms. The zero-order chi connectivity index (χ0) is 15.3. The molecule has 2 atom stereocenters. The van der Waals surface area contributed by atoms with Crippen LogP contribution in [0.2, 0.25) is 0 Å². The summed E-state index contributed by atoms with van der Waals surface area (Å²) in [5.74, 6) is 2.95. The van der Waals surface area contributed by atoms with Gasteiger partial charge in [-0.3, -0.25) is 4.90 Å². The van der Waals surface area contributed by atoms with Gasteiger partial charge >= 0.3 is 0 Å². The number of halogens is 1. The van der Waals surface area contributed by atoms with Gasteiger partial charge in [-0.15, -0.1) is 22.6 Å². The molecule has 4 rings (SSSR count). The van der Waals surface area contributed by atoms with Crippen LogP contribution in [0.5, 0.6) is 0 Å². The summed E-state index contributed by atoms with van der Waals surface area (Å²) in [6.07, 6.45) is 5.96. The van der Waals surface area contributed by atoms with Crippen LogP contribution in [-0.2, 0) is 16.6 Å². The summed E-state index contributed by atoms with van der Waals surface area (Å²) in [4.78, 5) is 2.23. The minimum absolute atomic E-state index is 0. The van der Waals surface area contributed by atoms with Crippen LogP contribution >= 0.6 is 12.4 Å². The van der Waals surface area contributed by atoms with Crippen molar-refractivity contribution >= 4 is 22.4 Å². The van der Waals surface area contributed by atoms with Gasteiger partial charge in [0.25, 0.3) is 0 Å². The van der Waals surface area contributed by atoms with Crippen LogP contribution in [0, 0.1) is 11.8 Å². The molecule has 1 aromatic rings. The van der Waals surface area contributed by atoms with Gasteiger partial charge in [0.15, 0.2) is 0 Å². The van der Waals surface area contributed by atoms with E-state index in [9.17, 15) is 8.42 Å². The van der Waals surface area contributed by atoms with E-state index >= 15 is 0 Å². The topological polar surface area (TPSA) is 88.3 Å². The Bertz CT molecular complexity index is 657.